The van der Waals surface area contributed by atoms with Gasteiger partial charge in [0.1, 0.15) is 11.8 Å². The van der Waals surface area contributed by atoms with Gasteiger partial charge in [-0.05, 0) is 18.6 Å². The van der Waals surface area contributed by atoms with Gasteiger partial charge in [-0.3, -0.25) is 0 Å². The molecule has 1 heterocycles. The lowest BCUT2D eigenvalue weighted by Crippen LogP contribution is -1.94. The van der Waals surface area contributed by atoms with Gasteiger partial charge in [-0.25, -0.2) is 0 Å². The van der Waals surface area contributed by atoms with Crippen molar-refractivity contribution in [1.82, 2.24) is 4.57 Å². The number of benzene rings is 1. The van der Waals surface area contributed by atoms with Crippen LogP contribution in [0.2, 0.25) is 0 Å². The molecule has 0 unspecified atom stereocenters. The van der Waals surface area contributed by atoms with Gasteiger partial charge >= 0.3 is 0 Å². The number of hydrogen-bond acceptors (Lipinski definition) is 2. The van der Waals surface area contributed by atoms with Gasteiger partial charge in [0.05, 0.1) is 18.2 Å². The predicted molar refractivity (Wildman–Crippen MR) is 63.5 cm³/mol. The van der Waals surface area contributed by atoms with Crippen molar-refractivity contribution < 1.29 is 4.74 Å². The summed E-state index contributed by atoms with van der Waals surface area (Å²) in [5.74, 6) is 0.826. The summed E-state index contributed by atoms with van der Waals surface area (Å²) in [6.07, 6.45) is 2.96. The highest BCUT2D eigenvalue weighted by molar-refractivity contribution is 5.87. The molecule has 82 valence electrons. The summed E-state index contributed by atoms with van der Waals surface area (Å²) in [6, 6.07) is 8.03. The number of methoxy groups -OCH3 is 1. The number of fused-ring (bicyclic) bond motifs is 1. The van der Waals surface area contributed by atoms with E-state index >= 15 is 0 Å². The van der Waals surface area contributed by atoms with Crippen molar-refractivity contribution in [3.8, 4) is 11.8 Å². The van der Waals surface area contributed by atoms with Crippen molar-refractivity contribution >= 4 is 10.9 Å². The van der Waals surface area contributed by atoms with E-state index < -0.39 is 0 Å². The Balaban J connectivity index is 2.66. The normalized spacial score (nSPS) is 10.3. The lowest BCUT2D eigenvalue weighted by Gasteiger charge is -2.04. The van der Waals surface area contributed by atoms with Crippen molar-refractivity contribution in [1.29, 1.82) is 5.26 Å². The Morgan fingerprint density at radius 2 is 2.25 bits per heavy atom. The monoisotopic (exact) mass is 214 g/mol. The van der Waals surface area contributed by atoms with Crippen LogP contribution in [0.25, 0.3) is 10.9 Å². The van der Waals surface area contributed by atoms with Gasteiger partial charge in [0, 0.05) is 24.2 Å². The zero-order valence-electron chi connectivity index (χ0n) is 9.53. The van der Waals surface area contributed by atoms with Gasteiger partial charge in [0.2, 0.25) is 0 Å². The number of ether oxygens (including phenoxy) is 1. The van der Waals surface area contributed by atoms with Gasteiger partial charge in [-0.15, -0.1) is 0 Å². The second-order valence-corrected chi connectivity index (χ2v) is 3.73. The van der Waals surface area contributed by atoms with Crippen molar-refractivity contribution in [2.45, 2.75) is 19.9 Å². The maximum absolute atomic E-state index is 9.05. The van der Waals surface area contributed by atoms with Crippen LogP contribution in [-0.4, -0.2) is 11.7 Å². The lowest BCUT2D eigenvalue weighted by molar-refractivity contribution is 0.415. The number of nitriles is 1. The van der Waals surface area contributed by atoms with Crippen LogP contribution < -0.4 is 4.74 Å². The Labute approximate surface area is 94.9 Å². The van der Waals surface area contributed by atoms with E-state index in [4.69, 9.17) is 10.00 Å². The molecule has 0 spiro atoms. The van der Waals surface area contributed by atoms with E-state index in [0.29, 0.717) is 0 Å². The van der Waals surface area contributed by atoms with Crippen molar-refractivity contribution in [2.75, 3.05) is 7.11 Å². The molecule has 2 aromatic rings. The first-order valence-electron chi connectivity index (χ1n) is 5.37. The van der Waals surface area contributed by atoms with Crippen LogP contribution in [0.1, 0.15) is 18.9 Å². The SMILES string of the molecule is CCCn1cc(C#N)c2ccc(OC)cc21. The number of rotatable bonds is 3. The van der Waals surface area contributed by atoms with Crippen LogP contribution in [-0.2, 0) is 6.54 Å². The van der Waals surface area contributed by atoms with Crippen LogP contribution in [0.5, 0.6) is 5.75 Å². The molecule has 0 radical (unpaired) electrons. The zero-order valence-corrected chi connectivity index (χ0v) is 9.53. The molecule has 0 aliphatic carbocycles. The summed E-state index contributed by atoms with van der Waals surface area (Å²) >= 11 is 0. The third-order valence-electron chi connectivity index (χ3n) is 2.67. The van der Waals surface area contributed by atoms with Gasteiger partial charge in [0.15, 0.2) is 0 Å². The van der Waals surface area contributed by atoms with Crippen LogP contribution in [0.4, 0.5) is 0 Å². The molecule has 2 rings (SSSR count). The number of hydrogen-bond donors (Lipinski definition) is 0. The summed E-state index contributed by atoms with van der Waals surface area (Å²) in [6.45, 7) is 3.05. The average molecular weight is 214 g/mol. The minimum atomic E-state index is 0.728. The van der Waals surface area contributed by atoms with Gasteiger partial charge in [-0.1, -0.05) is 6.92 Å². The molecule has 0 fully saturated rings. The van der Waals surface area contributed by atoms with E-state index in [1.165, 1.54) is 0 Å². The van der Waals surface area contributed by atoms with E-state index in [2.05, 4.69) is 17.6 Å². The quantitative estimate of drug-likeness (QED) is 0.787. The highest BCUT2D eigenvalue weighted by Crippen LogP contribution is 2.25. The van der Waals surface area contributed by atoms with Crippen LogP contribution in [0.15, 0.2) is 24.4 Å². The van der Waals surface area contributed by atoms with Gasteiger partial charge in [-0.2, -0.15) is 5.26 Å². The summed E-state index contributed by atoms with van der Waals surface area (Å²) < 4.78 is 7.31. The molecule has 0 saturated carbocycles. The summed E-state index contributed by atoms with van der Waals surface area (Å²) in [5, 5.41) is 10.0. The zero-order chi connectivity index (χ0) is 11.5. The highest BCUT2D eigenvalue weighted by atomic mass is 16.5. The Morgan fingerprint density at radius 3 is 2.88 bits per heavy atom. The molecule has 16 heavy (non-hydrogen) atoms. The largest absolute Gasteiger partial charge is 0.497 e. The third kappa shape index (κ3) is 1.63. The maximum atomic E-state index is 9.05. The minimum absolute atomic E-state index is 0.728. The van der Waals surface area contributed by atoms with Crippen molar-refractivity contribution in [3.63, 3.8) is 0 Å². The Morgan fingerprint density at radius 1 is 1.44 bits per heavy atom. The van der Waals surface area contributed by atoms with E-state index in [-0.39, 0.29) is 0 Å². The number of nitrogens with zero attached hydrogens (tertiary/aromatic N) is 2. The van der Waals surface area contributed by atoms with Crippen LogP contribution >= 0.6 is 0 Å². The molecule has 1 aromatic heterocycles. The topological polar surface area (TPSA) is 38.0 Å². The van der Waals surface area contributed by atoms with E-state index in [1.54, 1.807) is 7.11 Å². The third-order valence-corrected chi connectivity index (χ3v) is 2.67. The molecular formula is C13H14N2O. The standard InChI is InChI=1S/C13H14N2O/c1-3-6-15-9-10(8-14)12-5-4-11(16-2)7-13(12)15/h4-5,7,9H,3,6H2,1-2H3. The first kappa shape index (κ1) is 10.6. The number of aryl methyl sites for hydroxylation is 1. The van der Waals surface area contributed by atoms with E-state index in [1.807, 2.05) is 24.4 Å². The fraction of sp³-hybridized carbons (Fsp3) is 0.308. The molecular weight excluding hydrogens is 200 g/mol. The van der Waals surface area contributed by atoms with Crippen molar-refractivity contribution in [3.05, 3.63) is 30.0 Å². The Hall–Kier alpha value is -1.95. The first-order valence-corrected chi connectivity index (χ1v) is 5.37. The maximum Gasteiger partial charge on any atom is 0.120 e. The Bertz CT molecular complexity index is 549. The van der Waals surface area contributed by atoms with Gasteiger partial charge < -0.3 is 9.30 Å². The lowest BCUT2D eigenvalue weighted by atomic mass is 10.2. The molecule has 0 aliphatic heterocycles. The fourth-order valence-corrected chi connectivity index (χ4v) is 1.91. The Kier molecular flexibility index (Phi) is 2.82. The summed E-state index contributed by atoms with van der Waals surface area (Å²) in [5.41, 5.74) is 1.80. The fourth-order valence-electron chi connectivity index (χ4n) is 1.91. The minimum Gasteiger partial charge on any atom is -0.497 e. The molecule has 3 heteroatoms. The van der Waals surface area contributed by atoms with Crippen molar-refractivity contribution in [2.24, 2.45) is 0 Å². The molecule has 3 nitrogen and oxygen atoms in total. The summed E-state index contributed by atoms with van der Waals surface area (Å²) in [7, 11) is 1.65. The van der Waals surface area contributed by atoms with Crippen LogP contribution in [0.3, 0.4) is 0 Å². The van der Waals surface area contributed by atoms with E-state index in [9.17, 15) is 0 Å². The summed E-state index contributed by atoms with van der Waals surface area (Å²) in [4.78, 5) is 0. The molecule has 0 aliphatic rings. The molecule has 1 aromatic carbocycles. The molecule has 0 saturated heterocycles. The number of aromatic nitrogens is 1. The first-order chi connectivity index (χ1) is 7.80. The molecule has 0 atom stereocenters. The molecule has 0 amide bonds. The molecule has 0 bridgehead atoms. The second kappa shape index (κ2) is 4.28. The highest BCUT2D eigenvalue weighted by Gasteiger charge is 2.08. The van der Waals surface area contributed by atoms with E-state index in [0.717, 1.165) is 35.2 Å². The van der Waals surface area contributed by atoms with Crippen LogP contribution in [0, 0.1) is 11.3 Å². The smallest absolute Gasteiger partial charge is 0.120 e. The average Bonchev–Trinajstić information content (AvgIpc) is 2.67. The second-order valence-electron chi connectivity index (χ2n) is 3.73. The molecule has 0 N–H and O–H groups in total. The van der Waals surface area contributed by atoms with Gasteiger partial charge in [0.25, 0.3) is 0 Å². The predicted octanol–water partition coefficient (Wildman–Crippen LogP) is 2.93.